The molecular formula is C9H16. The second kappa shape index (κ2) is 5.36. The standard InChI is InChI=1S/C8H12.CH4/c1-7(2)5-6-8(3)4;/h5-6H,1,3H2,2,4H3;1H4. The van der Waals surface area contributed by atoms with Crippen molar-refractivity contribution in [1.82, 2.24) is 0 Å². The summed E-state index contributed by atoms with van der Waals surface area (Å²) < 4.78 is 0. The molecule has 0 atom stereocenters. The van der Waals surface area contributed by atoms with Gasteiger partial charge in [-0.3, -0.25) is 0 Å². The lowest BCUT2D eigenvalue weighted by atomic mass is 10.2. The van der Waals surface area contributed by atoms with Crippen LogP contribution in [-0.2, 0) is 0 Å². The first kappa shape index (κ1) is 11.1. The van der Waals surface area contributed by atoms with Gasteiger partial charge in [0.2, 0.25) is 0 Å². The lowest BCUT2D eigenvalue weighted by Gasteiger charge is -1.84. The Balaban J connectivity index is 0. The molecule has 0 aromatic carbocycles. The van der Waals surface area contributed by atoms with Gasteiger partial charge in [-0.2, -0.15) is 0 Å². The molecule has 0 heterocycles. The van der Waals surface area contributed by atoms with Gasteiger partial charge in [-0.15, -0.1) is 0 Å². The lowest BCUT2D eigenvalue weighted by molar-refractivity contribution is 1.50. The Labute approximate surface area is 58.6 Å². The second-order valence-corrected chi connectivity index (χ2v) is 2.03. The van der Waals surface area contributed by atoms with E-state index in [2.05, 4.69) is 13.2 Å². The van der Waals surface area contributed by atoms with Gasteiger partial charge in [0.25, 0.3) is 0 Å². The van der Waals surface area contributed by atoms with Crippen LogP contribution in [0.3, 0.4) is 0 Å². The minimum Gasteiger partial charge on any atom is -0.0961 e. The largest absolute Gasteiger partial charge is 0.0961 e. The summed E-state index contributed by atoms with van der Waals surface area (Å²) in [7, 11) is 0. The van der Waals surface area contributed by atoms with Gasteiger partial charge in [-0.05, 0) is 13.8 Å². The highest BCUT2D eigenvalue weighted by Gasteiger charge is 1.72. The first-order valence-electron chi connectivity index (χ1n) is 2.62. The Morgan fingerprint density at radius 2 is 1.22 bits per heavy atom. The van der Waals surface area contributed by atoms with Gasteiger partial charge in [0, 0.05) is 0 Å². The summed E-state index contributed by atoms with van der Waals surface area (Å²) in [6.45, 7) is 11.3. The first-order chi connectivity index (χ1) is 3.63. The molecule has 52 valence electrons. The maximum Gasteiger partial charge on any atom is -0.0404 e. The fraction of sp³-hybridized carbons (Fsp3) is 0.333. The van der Waals surface area contributed by atoms with Crippen LogP contribution in [0.2, 0.25) is 0 Å². The van der Waals surface area contributed by atoms with Gasteiger partial charge in [-0.25, -0.2) is 0 Å². The van der Waals surface area contributed by atoms with Crippen LogP contribution in [0, 0.1) is 0 Å². The quantitative estimate of drug-likeness (QED) is 0.495. The van der Waals surface area contributed by atoms with E-state index in [1.807, 2.05) is 26.0 Å². The van der Waals surface area contributed by atoms with Gasteiger partial charge in [0.15, 0.2) is 0 Å². The van der Waals surface area contributed by atoms with E-state index in [0.717, 1.165) is 11.1 Å². The first-order valence-corrected chi connectivity index (χ1v) is 2.62. The van der Waals surface area contributed by atoms with E-state index in [4.69, 9.17) is 0 Å². The molecule has 0 amide bonds. The molecule has 0 aromatic heterocycles. The highest BCUT2D eigenvalue weighted by atomic mass is 13.8. The van der Waals surface area contributed by atoms with E-state index in [0.29, 0.717) is 0 Å². The van der Waals surface area contributed by atoms with Crippen molar-refractivity contribution in [3.05, 3.63) is 36.5 Å². The highest BCUT2D eigenvalue weighted by Crippen LogP contribution is 1.94. The van der Waals surface area contributed by atoms with Gasteiger partial charge in [0.05, 0.1) is 0 Å². The number of hydrogen-bond donors (Lipinski definition) is 0. The van der Waals surface area contributed by atoms with Crippen molar-refractivity contribution in [2.24, 2.45) is 0 Å². The van der Waals surface area contributed by atoms with Crippen LogP contribution < -0.4 is 0 Å². The summed E-state index contributed by atoms with van der Waals surface area (Å²) in [4.78, 5) is 0. The van der Waals surface area contributed by atoms with Crippen molar-refractivity contribution < 1.29 is 0 Å². The number of allylic oxidation sites excluding steroid dienone is 4. The molecule has 0 aliphatic carbocycles. The molecule has 0 aromatic rings. The minimum absolute atomic E-state index is 0. The van der Waals surface area contributed by atoms with Crippen molar-refractivity contribution >= 4 is 0 Å². The molecular weight excluding hydrogens is 108 g/mol. The average molecular weight is 124 g/mol. The zero-order chi connectivity index (χ0) is 6.57. The van der Waals surface area contributed by atoms with Gasteiger partial charge >= 0.3 is 0 Å². The Bertz CT molecular complexity index is 111. The van der Waals surface area contributed by atoms with Crippen LogP contribution in [0.25, 0.3) is 0 Å². The van der Waals surface area contributed by atoms with E-state index >= 15 is 0 Å². The number of rotatable bonds is 2. The molecule has 0 rings (SSSR count). The third-order valence-electron chi connectivity index (χ3n) is 0.652. The lowest BCUT2D eigenvalue weighted by Crippen LogP contribution is -1.62. The molecule has 0 saturated heterocycles. The zero-order valence-electron chi connectivity index (χ0n) is 5.57. The fourth-order valence-corrected chi connectivity index (χ4v) is 0.285. The third kappa shape index (κ3) is 11.0. The van der Waals surface area contributed by atoms with Gasteiger partial charge < -0.3 is 0 Å². The average Bonchev–Trinajstić information content (AvgIpc) is 1.61. The molecule has 0 bridgehead atoms. The highest BCUT2D eigenvalue weighted by molar-refractivity contribution is 5.20. The summed E-state index contributed by atoms with van der Waals surface area (Å²) in [5, 5.41) is 0. The molecule has 0 spiro atoms. The van der Waals surface area contributed by atoms with E-state index in [9.17, 15) is 0 Å². The van der Waals surface area contributed by atoms with Crippen LogP contribution in [-0.4, -0.2) is 0 Å². The van der Waals surface area contributed by atoms with E-state index in [-0.39, 0.29) is 7.43 Å². The Hall–Kier alpha value is -0.780. The summed E-state index contributed by atoms with van der Waals surface area (Å²) in [5.74, 6) is 0. The van der Waals surface area contributed by atoms with Crippen LogP contribution in [0.15, 0.2) is 36.5 Å². The molecule has 0 unspecified atom stereocenters. The monoisotopic (exact) mass is 124 g/mol. The van der Waals surface area contributed by atoms with Crippen LogP contribution in [0.1, 0.15) is 21.3 Å². The van der Waals surface area contributed by atoms with E-state index in [1.54, 1.807) is 0 Å². The number of hydrogen-bond acceptors (Lipinski definition) is 0. The van der Waals surface area contributed by atoms with Gasteiger partial charge in [-0.1, -0.05) is 43.9 Å². The molecule has 0 aliphatic heterocycles. The predicted molar refractivity (Wildman–Crippen MR) is 45.5 cm³/mol. The molecule has 0 aliphatic rings. The Morgan fingerprint density at radius 1 is 1.00 bits per heavy atom. The second-order valence-electron chi connectivity index (χ2n) is 2.03. The SMILES string of the molecule is C.C=C(C)C=CC(=C)C. The zero-order valence-corrected chi connectivity index (χ0v) is 5.57. The molecule has 9 heavy (non-hydrogen) atoms. The molecule has 0 saturated carbocycles. The van der Waals surface area contributed by atoms with Gasteiger partial charge in [0.1, 0.15) is 0 Å². The Morgan fingerprint density at radius 3 is 1.33 bits per heavy atom. The Kier molecular flexibility index (Phi) is 6.59. The van der Waals surface area contributed by atoms with Crippen molar-refractivity contribution in [1.29, 1.82) is 0 Å². The summed E-state index contributed by atoms with van der Waals surface area (Å²) in [6, 6.07) is 0. The fourth-order valence-electron chi connectivity index (χ4n) is 0.285. The molecule has 0 heteroatoms. The van der Waals surface area contributed by atoms with Crippen LogP contribution in [0.4, 0.5) is 0 Å². The van der Waals surface area contributed by atoms with Crippen LogP contribution >= 0.6 is 0 Å². The van der Waals surface area contributed by atoms with Crippen molar-refractivity contribution in [3.63, 3.8) is 0 Å². The molecule has 0 N–H and O–H groups in total. The minimum atomic E-state index is 0. The predicted octanol–water partition coefficient (Wildman–Crippen LogP) is 3.33. The summed E-state index contributed by atoms with van der Waals surface area (Å²) in [6.07, 6.45) is 3.89. The van der Waals surface area contributed by atoms with Crippen molar-refractivity contribution in [2.75, 3.05) is 0 Å². The molecule has 0 radical (unpaired) electrons. The smallest absolute Gasteiger partial charge is 0.0404 e. The maximum absolute atomic E-state index is 3.70. The van der Waals surface area contributed by atoms with E-state index in [1.165, 1.54) is 0 Å². The maximum atomic E-state index is 3.70. The van der Waals surface area contributed by atoms with Crippen LogP contribution in [0.5, 0.6) is 0 Å². The molecule has 0 fully saturated rings. The third-order valence-corrected chi connectivity index (χ3v) is 0.652. The summed E-state index contributed by atoms with van der Waals surface area (Å²) in [5.41, 5.74) is 2.13. The molecule has 0 nitrogen and oxygen atoms in total. The normalized spacial score (nSPS) is 8.67. The van der Waals surface area contributed by atoms with Crippen molar-refractivity contribution in [3.8, 4) is 0 Å². The van der Waals surface area contributed by atoms with Crippen molar-refractivity contribution in [2.45, 2.75) is 21.3 Å². The summed E-state index contributed by atoms with van der Waals surface area (Å²) >= 11 is 0. The topological polar surface area (TPSA) is 0 Å². The van der Waals surface area contributed by atoms with E-state index < -0.39 is 0 Å².